The van der Waals surface area contributed by atoms with Crippen molar-refractivity contribution in [3.05, 3.63) is 23.2 Å². The molecule has 4 nitrogen and oxygen atoms in total. The summed E-state index contributed by atoms with van der Waals surface area (Å²) in [6, 6.07) is 6.19. The van der Waals surface area contributed by atoms with Crippen LogP contribution in [0, 0.1) is 0 Å². The first-order valence-electron chi connectivity index (χ1n) is 6.24. The minimum Gasteiger partial charge on any atom is -0.396 e. The molecule has 1 aliphatic rings. The summed E-state index contributed by atoms with van der Waals surface area (Å²) in [5, 5.41) is 4.00. The van der Waals surface area contributed by atoms with Crippen LogP contribution in [-0.2, 0) is 0 Å². The van der Waals surface area contributed by atoms with Gasteiger partial charge in [0.25, 0.3) is 0 Å². The highest BCUT2D eigenvalue weighted by Crippen LogP contribution is 2.26. The van der Waals surface area contributed by atoms with E-state index in [0.29, 0.717) is 16.8 Å². The first-order valence-corrected chi connectivity index (χ1v) is 6.62. The molecule has 1 heterocycles. The molecule has 5 heteroatoms. The number of piperazine rings is 1. The van der Waals surface area contributed by atoms with Gasteiger partial charge < -0.3 is 16.0 Å². The molecule has 0 aliphatic carbocycles. The summed E-state index contributed by atoms with van der Waals surface area (Å²) < 4.78 is 0. The third-order valence-corrected chi connectivity index (χ3v) is 3.89. The monoisotopic (exact) mass is 268 g/mol. The summed E-state index contributed by atoms with van der Waals surface area (Å²) in [6.45, 7) is 4.19. The van der Waals surface area contributed by atoms with Gasteiger partial charge in [0.05, 0.1) is 16.4 Å². The van der Waals surface area contributed by atoms with Gasteiger partial charge in [0, 0.05) is 32.2 Å². The zero-order chi connectivity index (χ0) is 13.1. The first kappa shape index (κ1) is 13.5. The van der Waals surface area contributed by atoms with Crippen molar-refractivity contribution in [3.8, 4) is 0 Å². The zero-order valence-corrected chi connectivity index (χ0v) is 11.7. The van der Waals surface area contributed by atoms with Crippen molar-refractivity contribution in [2.24, 2.45) is 0 Å². The Balaban J connectivity index is 1.96. The second-order valence-corrected chi connectivity index (χ2v) is 5.39. The lowest BCUT2D eigenvalue weighted by Gasteiger charge is -2.38. The van der Waals surface area contributed by atoms with Crippen LogP contribution in [-0.4, -0.2) is 56.1 Å². The standard InChI is InChI=1S/C13H21ClN4/c1-17-6-7-18(2)10(9-17)8-16-12-5-3-4-11(14)13(12)15/h3-5,10,16H,6-9,15H2,1-2H3. The van der Waals surface area contributed by atoms with Gasteiger partial charge in [0.2, 0.25) is 0 Å². The minimum absolute atomic E-state index is 0.502. The summed E-state index contributed by atoms with van der Waals surface area (Å²) in [5.74, 6) is 0. The summed E-state index contributed by atoms with van der Waals surface area (Å²) in [6.07, 6.45) is 0. The Bertz CT molecular complexity index is 410. The third kappa shape index (κ3) is 3.07. The molecule has 0 bridgehead atoms. The molecule has 1 saturated heterocycles. The van der Waals surface area contributed by atoms with Gasteiger partial charge in [-0.05, 0) is 26.2 Å². The zero-order valence-electron chi connectivity index (χ0n) is 11.0. The Morgan fingerprint density at radius 2 is 2.17 bits per heavy atom. The lowest BCUT2D eigenvalue weighted by Crippen LogP contribution is -2.52. The van der Waals surface area contributed by atoms with E-state index in [0.717, 1.165) is 31.9 Å². The lowest BCUT2D eigenvalue weighted by atomic mass is 10.1. The Labute approximate surface area is 114 Å². The third-order valence-electron chi connectivity index (χ3n) is 3.56. The molecule has 1 atom stereocenters. The summed E-state index contributed by atoms with van der Waals surface area (Å²) in [5.41, 5.74) is 7.49. The van der Waals surface area contributed by atoms with Gasteiger partial charge in [-0.1, -0.05) is 17.7 Å². The maximum absolute atomic E-state index is 6.00. The number of nitrogen functional groups attached to an aromatic ring is 1. The van der Waals surface area contributed by atoms with E-state index in [2.05, 4.69) is 29.2 Å². The van der Waals surface area contributed by atoms with Crippen LogP contribution >= 0.6 is 11.6 Å². The van der Waals surface area contributed by atoms with Crippen molar-refractivity contribution in [3.63, 3.8) is 0 Å². The number of hydrogen-bond donors (Lipinski definition) is 2. The van der Waals surface area contributed by atoms with E-state index in [1.165, 1.54) is 0 Å². The van der Waals surface area contributed by atoms with Gasteiger partial charge >= 0.3 is 0 Å². The fourth-order valence-electron chi connectivity index (χ4n) is 2.24. The summed E-state index contributed by atoms with van der Waals surface area (Å²) >= 11 is 6.00. The van der Waals surface area contributed by atoms with E-state index >= 15 is 0 Å². The molecule has 0 radical (unpaired) electrons. The molecule has 0 amide bonds. The van der Waals surface area contributed by atoms with Crippen molar-refractivity contribution < 1.29 is 0 Å². The van der Waals surface area contributed by atoms with E-state index in [-0.39, 0.29) is 0 Å². The van der Waals surface area contributed by atoms with Crippen molar-refractivity contribution >= 4 is 23.0 Å². The minimum atomic E-state index is 0.502. The van der Waals surface area contributed by atoms with Crippen LogP contribution in [0.3, 0.4) is 0 Å². The fourth-order valence-corrected chi connectivity index (χ4v) is 2.42. The molecule has 100 valence electrons. The topological polar surface area (TPSA) is 44.5 Å². The van der Waals surface area contributed by atoms with Crippen molar-refractivity contribution in [2.75, 3.05) is 51.3 Å². The van der Waals surface area contributed by atoms with Crippen molar-refractivity contribution in [1.82, 2.24) is 9.80 Å². The number of para-hydroxylation sites is 1. The van der Waals surface area contributed by atoms with Crippen LogP contribution in [0.4, 0.5) is 11.4 Å². The number of nitrogens with two attached hydrogens (primary N) is 1. The molecule has 2 rings (SSSR count). The van der Waals surface area contributed by atoms with Crippen molar-refractivity contribution in [1.29, 1.82) is 0 Å². The number of rotatable bonds is 3. The predicted molar refractivity (Wildman–Crippen MR) is 78.3 cm³/mol. The van der Waals surface area contributed by atoms with E-state index in [9.17, 15) is 0 Å². The Morgan fingerprint density at radius 1 is 1.39 bits per heavy atom. The van der Waals surface area contributed by atoms with Crippen LogP contribution in [0.15, 0.2) is 18.2 Å². The molecule has 1 aromatic carbocycles. The maximum Gasteiger partial charge on any atom is 0.0739 e. The number of halogens is 1. The van der Waals surface area contributed by atoms with Gasteiger partial charge in [-0.2, -0.15) is 0 Å². The van der Waals surface area contributed by atoms with Gasteiger partial charge in [-0.3, -0.25) is 4.90 Å². The molecule has 1 aromatic rings. The lowest BCUT2D eigenvalue weighted by molar-refractivity contribution is 0.122. The summed E-state index contributed by atoms with van der Waals surface area (Å²) in [4.78, 5) is 4.74. The predicted octanol–water partition coefficient (Wildman–Crippen LogP) is 1.58. The number of nitrogens with one attached hydrogen (secondary N) is 1. The van der Waals surface area contributed by atoms with Gasteiger partial charge in [-0.25, -0.2) is 0 Å². The smallest absolute Gasteiger partial charge is 0.0739 e. The average molecular weight is 269 g/mol. The molecule has 1 fully saturated rings. The van der Waals surface area contributed by atoms with Crippen molar-refractivity contribution in [2.45, 2.75) is 6.04 Å². The second kappa shape index (κ2) is 5.78. The molecule has 0 saturated carbocycles. The average Bonchev–Trinajstić information content (AvgIpc) is 2.35. The second-order valence-electron chi connectivity index (χ2n) is 4.98. The van der Waals surface area contributed by atoms with Crippen LogP contribution in [0.1, 0.15) is 0 Å². The van der Waals surface area contributed by atoms with Gasteiger partial charge in [-0.15, -0.1) is 0 Å². The molecule has 1 aliphatic heterocycles. The number of hydrogen-bond acceptors (Lipinski definition) is 4. The quantitative estimate of drug-likeness (QED) is 0.817. The van der Waals surface area contributed by atoms with E-state index < -0.39 is 0 Å². The largest absolute Gasteiger partial charge is 0.396 e. The Morgan fingerprint density at radius 3 is 2.94 bits per heavy atom. The SMILES string of the molecule is CN1CCN(C)C(CNc2cccc(Cl)c2N)C1. The molecule has 0 aromatic heterocycles. The number of likely N-dealkylation sites (N-methyl/N-ethyl adjacent to an activating group) is 2. The molecular formula is C13H21ClN4. The molecule has 3 N–H and O–H groups in total. The number of anilines is 2. The van der Waals surface area contributed by atoms with Gasteiger partial charge in [0.15, 0.2) is 0 Å². The first-order chi connectivity index (χ1) is 8.58. The maximum atomic E-state index is 6.00. The normalized spacial score (nSPS) is 22.1. The highest BCUT2D eigenvalue weighted by atomic mass is 35.5. The van der Waals surface area contributed by atoms with Crippen LogP contribution in [0.25, 0.3) is 0 Å². The highest BCUT2D eigenvalue weighted by molar-refractivity contribution is 6.33. The van der Waals surface area contributed by atoms with E-state index in [4.69, 9.17) is 17.3 Å². The van der Waals surface area contributed by atoms with Crippen LogP contribution in [0.2, 0.25) is 5.02 Å². The molecule has 0 spiro atoms. The molecule has 18 heavy (non-hydrogen) atoms. The van der Waals surface area contributed by atoms with Gasteiger partial charge in [0.1, 0.15) is 0 Å². The van der Waals surface area contributed by atoms with E-state index in [1.807, 2.05) is 18.2 Å². The molecular weight excluding hydrogens is 248 g/mol. The highest BCUT2D eigenvalue weighted by Gasteiger charge is 2.21. The number of nitrogens with zero attached hydrogens (tertiary/aromatic N) is 2. The number of benzene rings is 1. The fraction of sp³-hybridized carbons (Fsp3) is 0.538. The Hall–Kier alpha value is -0.970. The summed E-state index contributed by atoms with van der Waals surface area (Å²) in [7, 11) is 4.33. The molecule has 1 unspecified atom stereocenters. The van der Waals surface area contributed by atoms with E-state index in [1.54, 1.807) is 0 Å². The Kier molecular flexibility index (Phi) is 4.32. The van der Waals surface area contributed by atoms with Crippen LogP contribution < -0.4 is 11.1 Å². The van der Waals surface area contributed by atoms with Crippen LogP contribution in [0.5, 0.6) is 0 Å².